The highest BCUT2D eigenvalue weighted by atomic mass is 79.9. The first kappa shape index (κ1) is 12.6. The van der Waals surface area contributed by atoms with Crippen LogP contribution in [-0.4, -0.2) is 14.8 Å². The van der Waals surface area contributed by atoms with Gasteiger partial charge in [0.15, 0.2) is 0 Å². The lowest BCUT2D eigenvalue weighted by atomic mass is 9.86. The van der Waals surface area contributed by atoms with Gasteiger partial charge in [-0.1, -0.05) is 29.3 Å². The summed E-state index contributed by atoms with van der Waals surface area (Å²) < 4.78 is 2.33. The van der Waals surface area contributed by atoms with E-state index in [9.17, 15) is 0 Å². The summed E-state index contributed by atoms with van der Waals surface area (Å²) in [5.74, 6) is 5.21. The molecule has 0 N–H and O–H groups in total. The average Bonchev–Trinajstić information content (AvgIpc) is 3.06. The van der Waals surface area contributed by atoms with Crippen LogP contribution < -0.4 is 0 Å². The zero-order chi connectivity index (χ0) is 12.5. The summed E-state index contributed by atoms with van der Waals surface area (Å²) in [6.07, 6.45) is 8.17. The van der Waals surface area contributed by atoms with Gasteiger partial charge in [-0.05, 0) is 43.4 Å². The lowest BCUT2D eigenvalue weighted by Crippen LogP contribution is -2.17. The van der Waals surface area contributed by atoms with E-state index in [0.717, 1.165) is 48.3 Å². The van der Waals surface area contributed by atoms with E-state index in [1.807, 2.05) is 0 Å². The number of rotatable bonds is 5. The fourth-order valence-electron chi connectivity index (χ4n) is 3.96. The topological polar surface area (TPSA) is 30.7 Å². The number of hydrogen-bond donors (Lipinski definition) is 0. The Balaban J connectivity index is 1.74. The van der Waals surface area contributed by atoms with Crippen LogP contribution in [0.5, 0.6) is 0 Å². The molecule has 3 unspecified atom stereocenters. The number of hydrogen-bond acceptors (Lipinski definition) is 2. The summed E-state index contributed by atoms with van der Waals surface area (Å²) in [6.45, 7) is 3.28. The molecule has 1 aromatic rings. The van der Waals surface area contributed by atoms with E-state index in [1.54, 1.807) is 0 Å². The molecule has 4 heteroatoms. The molecule has 2 aliphatic rings. The van der Waals surface area contributed by atoms with Gasteiger partial charge in [0.2, 0.25) is 0 Å². The molecular formula is C14H22BrN3. The monoisotopic (exact) mass is 311 g/mol. The van der Waals surface area contributed by atoms with Crippen LogP contribution in [0.25, 0.3) is 0 Å². The first-order valence-corrected chi connectivity index (χ1v) is 8.40. The number of aromatic nitrogens is 3. The second-order valence-electron chi connectivity index (χ2n) is 5.96. The molecule has 1 heterocycles. The minimum Gasteiger partial charge on any atom is -0.314 e. The van der Waals surface area contributed by atoms with Crippen molar-refractivity contribution in [1.29, 1.82) is 0 Å². The van der Waals surface area contributed by atoms with Crippen LogP contribution in [-0.2, 0) is 18.3 Å². The van der Waals surface area contributed by atoms with Crippen LogP contribution in [0, 0.1) is 17.8 Å². The molecule has 1 aromatic heterocycles. The molecule has 2 bridgehead atoms. The third-order valence-electron chi connectivity index (χ3n) is 4.80. The van der Waals surface area contributed by atoms with Crippen molar-refractivity contribution in [2.75, 3.05) is 0 Å². The Kier molecular flexibility index (Phi) is 3.73. The van der Waals surface area contributed by atoms with Gasteiger partial charge in [0.05, 0.1) is 5.33 Å². The molecule has 0 spiro atoms. The third kappa shape index (κ3) is 2.24. The highest BCUT2D eigenvalue weighted by Crippen LogP contribution is 2.49. The zero-order valence-corrected chi connectivity index (χ0v) is 12.7. The molecule has 0 aliphatic heterocycles. The maximum absolute atomic E-state index is 4.44. The van der Waals surface area contributed by atoms with Crippen LogP contribution in [0.15, 0.2) is 0 Å². The van der Waals surface area contributed by atoms with E-state index in [4.69, 9.17) is 0 Å². The highest BCUT2D eigenvalue weighted by molar-refractivity contribution is 9.08. The molecule has 100 valence electrons. The third-order valence-corrected chi connectivity index (χ3v) is 5.30. The summed E-state index contributed by atoms with van der Waals surface area (Å²) >= 11 is 3.51. The van der Waals surface area contributed by atoms with Crippen molar-refractivity contribution < 1.29 is 0 Å². The highest BCUT2D eigenvalue weighted by Gasteiger charge is 2.39. The largest absolute Gasteiger partial charge is 0.314 e. The van der Waals surface area contributed by atoms with Gasteiger partial charge < -0.3 is 4.57 Å². The average molecular weight is 312 g/mol. The predicted molar refractivity (Wildman–Crippen MR) is 75.6 cm³/mol. The van der Waals surface area contributed by atoms with Crippen LogP contribution in [0.4, 0.5) is 0 Å². The molecule has 3 rings (SSSR count). The predicted octanol–water partition coefficient (Wildman–Crippen LogP) is 3.56. The lowest BCUT2D eigenvalue weighted by Gasteiger charge is -2.21. The molecule has 3 nitrogen and oxygen atoms in total. The van der Waals surface area contributed by atoms with Crippen LogP contribution >= 0.6 is 15.9 Å². The molecule has 3 atom stereocenters. The molecule has 0 saturated heterocycles. The summed E-state index contributed by atoms with van der Waals surface area (Å²) in [7, 11) is 0. The zero-order valence-electron chi connectivity index (χ0n) is 11.1. The fraction of sp³-hybridized carbons (Fsp3) is 0.857. The standard InChI is InChI=1S/C14H22BrN3/c1-2-5-18-13(16-17-14(18)9-15)8-12-7-10-3-4-11(12)6-10/h10-12H,2-9H2,1H3. The van der Waals surface area contributed by atoms with E-state index in [2.05, 4.69) is 37.6 Å². The Bertz CT molecular complexity index is 415. The van der Waals surface area contributed by atoms with Crippen molar-refractivity contribution >= 4 is 15.9 Å². The molecule has 0 aromatic carbocycles. The maximum Gasteiger partial charge on any atom is 0.143 e. The normalized spacial score (nSPS) is 30.2. The van der Waals surface area contributed by atoms with Gasteiger partial charge in [-0.3, -0.25) is 0 Å². The van der Waals surface area contributed by atoms with Crippen molar-refractivity contribution in [2.45, 2.75) is 57.3 Å². The Hall–Kier alpha value is -0.380. The van der Waals surface area contributed by atoms with Crippen LogP contribution in [0.3, 0.4) is 0 Å². The quantitative estimate of drug-likeness (QED) is 0.778. The van der Waals surface area contributed by atoms with Crippen molar-refractivity contribution in [3.05, 3.63) is 11.6 Å². The molecule has 0 amide bonds. The smallest absolute Gasteiger partial charge is 0.143 e. The van der Waals surface area contributed by atoms with Crippen LogP contribution in [0.1, 0.15) is 50.7 Å². The van der Waals surface area contributed by atoms with Gasteiger partial charge in [-0.2, -0.15) is 0 Å². The van der Waals surface area contributed by atoms with Gasteiger partial charge in [-0.25, -0.2) is 0 Å². The second kappa shape index (κ2) is 5.32. The Morgan fingerprint density at radius 2 is 2.06 bits per heavy atom. The van der Waals surface area contributed by atoms with E-state index >= 15 is 0 Å². The second-order valence-corrected chi connectivity index (χ2v) is 6.52. The Morgan fingerprint density at radius 1 is 1.22 bits per heavy atom. The molecule has 2 fully saturated rings. The van der Waals surface area contributed by atoms with Crippen molar-refractivity contribution in [2.24, 2.45) is 17.8 Å². The van der Waals surface area contributed by atoms with Gasteiger partial charge in [-0.15, -0.1) is 10.2 Å². The van der Waals surface area contributed by atoms with Crippen LogP contribution in [0.2, 0.25) is 0 Å². The fourth-order valence-corrected chi connectivity index (χ4v) is 4.38. The molecule has 18 heavy (non-hydrogen) atoms. The minimum absolute atomic E-state index is 0.816. The van der Waals surface area contributed by atoms with Gasteiger partial charge in [0.1, 0.15) is 11.6 Å². The van der Waals surface area contributed by atoms with E-state index in [1.165, 1.54) is 31.5 Å². The summed E-state index contributed by atoms with van der Waals surface area (Å²) in [4.78, 5) is 0. The van der Waals surface area contributed by atoms with Gasteiger partial charge in [0, 0.05) is 13.0 Å². The van der Waals surface area contributed by atoms with Crippen molar-refractivity contribution in [3.63, 3.8) is 0 Å². The van der Waals surface area contributed by atoms with Gasteiger partial charge >= 0.3 is 0 Å². The van der Waals surface area contributed by atoms with E-state index in [0.29, 0.717) is 0 Å². The SMILES string of the molecule is CCCn1c(CBr)nnc1CC1CC2CCC1C2. The molecule has 2 aliphatic carbocycles. The number of halogens is 1. The minimum atomic E-state index is 0.816. The number of alkyl halides is 1. The van der Waals surface area contributed by atoms with Crippen molar-refractivity contribution in [1.82, 2.24) is 14.8 Å². The first-order chi connectivity index (χ1) is 8.81. The maximum atomic E-state index is 4.44. The number of fused-ring (bicyclic) bond motifs is 2. The van der Waals surface area contributed by atoms with Crippen molar-refractivity contribution in [3.8, 4) is 0 Å². The Labute approximate surface area is 117 Å². The number of nitrogens with zero attached hydrogens (tertiary/aromatic N) is 3. The Morgan fingerprint density at radius 3 is 2.67 bits per heavy atom. The summed E-state index contributed by atoms with van der Waals surface area (Å²) in [5.41, 5.74) is 0. The van der Waals surface area contributed by atoms with E-state index < -0.39 is 0 Å². The lowest BCUT2D eigenvalue weighted by molar-refractivity contribution is 0.322. The first-order valence-electron chi connectivity index (χ1n) is 7.28. The summed E-state index contributed by atoms with van der Waals surface area (Å²) in [5, 5.41) is 9.58. The summed E-state index contributed by atoms with van der Waals surface area (Å²) in [6, 6.07) is 0. The molecule has 0 radical (unpaired) electrons. The molecule has 2 saturated carbocycles. The van der Waals surface area contributed by atoms with Gasteiger partial charge in [0.25, 0.3) is 0 Å². The van der Waals surface area contributed by atoms with E-state index in [-0.39, 0.29) is 0 Å². The molecular weight excluding hydrogens is 290 g/mol.